The lowest BCUT2D eigenvalue weighted by Crippen LogP contribution is -1.93. The van der Waals surface area contributed by atoms with Gasteiger partial charge in [-0.3, -0.25) is 4.79 Å². The Labute approximate surface area is 151 Å². The molecule has 0 radical (unpaired) electrons. The van der Waals surface area contributed by atoms with Crippen LogP contribution in [0, 0.1) is 0 Å². The van der Waals surface area contributed by atoms with E-state index in [0.717, 1.165) is 12.8 Å². The fourth-order valence-corrected chi connectivity index (χ4v) is 2.65. The summed E-state index contributed by atoms with van der Waals surface area (Å²) >= 11 is 0. The molecule has 0 bridgehead atoms. The van der Waals surface area contributed by atoms with Gasteiger partial charge in [0.25, 0.3) is 0 Å². The first-order chi connectivity index (χ1) is 11.7. The summed E-state index contributed by atoms with van der Waals surface area (Å²) in [5.41, 5.74) is 0. The summed E-state index contributed by atoms with van der Waals surface area (Å²) in [6.45, 7) is 8.99. The van der Waals surface area contributed by atoms with E-state index in [2.05, 4.69) is 20.1 Å². The lowest BCUT2D eigenvalue weighted by Gasteiger charge is -2.03. The van der Waals surface area contributed by atoms with Gasteiger partial charge < -0.3 is 5.11 Å². The fourth-order valence-electron chi connectivity index (χ4n) is 2.65. The van der Waals surface area contributed by atoms with Crippen LogP contribution in [0.5, 0.6) is 0 Å². The molecular formula is C22H42O2. The molecule has 24 heavy (non-hydrogen) atoms. The van der Waals surface area contributed by atoms with E-state index in [-0.39, 0.29) is 0 Å². The van der Waals surface area contributed by atoms with Gasteiger partial charge in [0.15, 0.2) is 0 Å². The van der Waals surface area contributed by atoms with Crippen molar-refractivity contribution in [3.8, 4) is 0 Å². The molecule has 0 amide bonds. The Morgan fingerprint density at radius 2 is 0.958 bits per heavy atom. The Hall–Kier alpha value is -1.05. The number of unbranched alkanes of at least 4 members (excludes halogenated alkanes) is 14. The SMILES string of the molecule is C=CC=C.CCCCCCCCCCCCCCCCCC(=O)O. The van der Waals surface area contributed by atoms with Crippen LogP contribution in [0.1, 0.15) is 110 Å². The molecule has 2 nitrogen and oxygen atoms in total. The molecule has 0 aromatic carbocycles. The van der Waals surface area contributed by atoms with Gasteiger partial charge in [-0.15, -0.1) is 0 Å². The predicted molar refractivity (Wildman–Crippen MR) is 108 cm³/mol. The molecule has 0 saturated heterocycles. The second kappa shape index (κ2) is 24.2. The summed E-state index contributed by atoms with van der Waals surface area (Å²) in [5.74, 6) is -0.653. The van der Waals surface area contributed by atoms with Crippen molar-refractivity contribution in [1.29, 1.82) is 0 Å². The van der Waals surface area contributed by atoms with Crippen molar-refractivity contribution in [1.82, 2.24) is 0 Å². The quantitative estimate of drug-likeness (QED) is 0.218. The van der Waals surface area contributed by atoms with Crippen molar-refractivity contribution < 1.29 is 9.90 Å². The Morgan fingerprint density at radius 1 is 0.667 bits per heavy atom. The molecule has 0 saturated carbocycles. The maximum Gasteiger partial charge on any atom is 0.303 e. The van der Waals surface area contributed by atoms with Gasteiger partial charge in [0.05, 0.1) is 0 Å². The average molecular weight is 339 g/mol. The number of carboxylic acids is 1. The third-order valence-electron chi connectivity index (χ3n) is 4.16. The summed E-state index contributed by atoms with van der Waals surface area (Å²) in [6, 6.07) is 0. The normalized spacial score (nSPS) is 9.88. The van der Waals surface area contributed by atoms with Crippen molar-refractivity contribution >= 4 is 5.97 Å². The molecule has 0 atom stereocenters. The van der Waals surface area contributed by atoms with Crippen LogP contribution < -0.4 is 0 Å². The Bertz CT molecular complexity index is 265. The van der Waals surface area contributed by atoms with E-state index in [1.54, 1.807) is 12.2 Å². The van der Waals surface area contributed by atoms with E-state index in [4.69, 9.17) is 5.11 Å². The van der Waals surface area contributed by atoms with Crippen LogP contribution in [-0.4, -0.2) is 11.1 Å². The highest BCUT2D eigenvalue weighted by atomic mass is 16.4. The monoisotopic (exact) mass is 338 g/mol. The number of allylic oxidation sites excluding steroid dienone is 2. The first kappa shape index (κ1) is 25.2. The van der Waals surface area contributed by atoms with Crippen LogP contribution in [0.3, 0.4) is 0 Å². The van der Waals surface area contributed by atoms with Gasteiger partial charge in [-0.05, 0) is 6.42 Å². The van der Waals surface area contributed by atoms with Gasteiger partial charge in [-0.2, -0.15) is 0 Å². The van der Waals surface area contributed by atoms with E-state index in [9.17, 15) is 4.79 Å². The minimum absolute atomic E-state index is 0.345. The largest absolute Gasteiger partial charge is 0.481 e. The van der Waals surface area contributed by atoms with E-state index in [1.807, 2.05) is 0 Å². The zero-order valence-electron chi connectivity index (χ0n) is 16.2. The zero-order chi connectivity index (χ0) is 18.3. The number of carbonyl (C=O) groups is 1. The van der Waals surface area contributed by atoms with Crippen molar-refractivity contribution in [3.63, 3.8) is 0 Å². The number of aliphatic carboxylic acids is 1. The van der Waals surface area contributed by atoms with Crippen molar-refractivity contribution in [2.75, 3.05) is 0 Å². The van der Waals surface area contributed by atoms with Crippen LogP contribution in [0.25, 0.3) is 0 Å². The highest BCUT2D eigenvalue weighted by Gasteiger charge is 1.97. The maximum atomic E-state index is 10.3. The molecule has 0 aliphatic rings. The molecule has 0 rings (SSSR count). The van der Waals surface area contributed by atoms with Crippen LogP contribution in [0.4, 0.5) is 0 Å². The molecule has 0 aliphatic carbocycles. The third-order valence-corrected chi connectivity index (χ3v) is 4.16. The standard InChI is InChI=1S/C18H36O2.C4H6/c1-2-3-4-5-6-7-8-9-10-11-12-13-14-15-16-17-18(19)20;1-3-4-2/h2-17H2,1H3,(H,19,20);3-4H,1-2H2. The number of rotatable bonds is 17. The smallest absolute Gasteiger partial charge is 0.303 e. The van der Waals surface area contributed by atoms with Crippen LogP contribution in [-0.2, 0) is 4.79 Å². The number of hydrogen-bond acceptors (Lipinski definition) is 1. The van der Waals surface area contributed by atoms with Gasteiger partial charge in [0.2, 0.25) is 0 Å². The lowest BCUT2D eigenvalue weighted by atomic mass is 10.0. The minimum Gasteiger partial charge on any atom is -0.481 e. The van der Waals surface area contributed by atoms with Gasteiger partial charge in [0, 0.05) is 6.42 Å². The van der Waals surface area contributed by atoms with E-state index >= 15 is 0 Å². The van der Waals surface area contributed by atoms with Gasteiger partial charge in [-0.1, -0.05) is 122 Å². The van der Waals surface area contributed by atoms with Crippen LogP contribution in [0.15, 0.2) is 25.3 Å². The Balaban J connectivity index is 0. The van der Waals surface area contributed by atoms with E-state index in [0.29, 0.717) is 6.42 Å². The third kappa shape index (κ3) is 29.0. The lowest BCUT2D eigenvalue weighted by molar-refractivity contribution is -0.137. The zero-order valence-corrected chi connectivity index (χ0v) is 16.2. The van der Waals surface area contributed by atoms with Crippen molar-refractivity contribution in [3.05, 3.63) is 25.3 Å². The summed E-state index contributed by atoms with van der Waals surface area (Å²) in [6.07, 6.45) is 23.5. The molecule has 2 heteroatoms. The first-order valence-electron chi connectivity index (χ1n) is 10.1. The highest BCUT2D eigenvalue weighted by Crippen LogP contribution is 2.13. The summed E-state index contributed by atoms with van der Waals surface area (Å²) in [5, 5.41) is 8.52. The summed E-state index contributed by atoms with van der Waals surface area (Å²) in [7, 11) is 0. The fraction of sp³-hybridized carbons (Fsp3) is 0.773. The molecular weight excluding hydrogens is 296 g/mol. The number of hydrogen-bond donors (Lipinski definition) is 1. The minimum atomic E-state index is -0.653. The van der Waals surface area contributed by atoms with Gasteiger partial charge in [-0.25, -0.2) is 0 Å². The Morgan fingerprint density at radius 3 is 1.21 bits per heavy atom. The molecule has 0 aromatic heterocycles. The summed E-state index contributed by atoms with van der Waals surface area (Å²) < 4.78 is 0. The molecule has 0 fully saturated rings. The van der Waals surface area contributed by atoms with E-state index < -0.39 is 5.97 Å². The van der Waals surface area contributed by atoms with Gasteiger partial charge >= 0.3 is 5.97 Å². The van der Waals surface area contributed by atoms with Crippen LogP contribution in [0.2, 0.25) is 0 Å². The molecule has 0 aliphatic heterocycles. The molecule has 1 N–H and O–H groups in total. The highest BCUT2D eigenvalue weighted by molar-refractivity contribution is 5.66. The maximum absolute atomic E-state index is 10.3. The van der Waals surface area contributed by atoms with Crippen molar-refractivity contribution in [2.45, 2.75) is 110 Å². The predicted octanol–water partition coefficient (Wildman–Crippen LogP) is 7.69. The molecule has 142 valence electrons. The first-order valence-corrected chi connectivity index (χ1v) is 10.1. The van der Waals surface area contributed by atoms with Crippen LogP contribution >= 0.6 is 0 Å². The summed E-state index contributed by atoms with van der Waals surface area (Å²) in [4.78, 5) is 10.3. The second-order valence-corrected chi connectivity index (χ2v) is 6.56. The molecule has 0 aromatic rings. The Kier molecular flexibility index (Phi) is 25.4. The second-order valence-electron chi connectivity index (χ2n) is 6.56. The number of carboxylic acid groups (broad SMARTS) is 1. The average Bonchev–Trinajstić information content (AvgIpc) is 2.58. The topological polar surface area (TPSA) is 37.3 Å². The van der Waals surface area contributed by atoms with E-state index in [1.165, 1.54) is 83.5 Å². The van der Waals surface area contributed by atoms with Crippen molar-refractivity contribution in [2.24, 2.45) is 0 Å². The van der Waals surface area contributed by atoms with Gasteiger partial charge in [0.1, 0.15) is 0 Å². The molecule has 0 unspecified atom stereocenters. The molecule has 0 spiro atoms. The molecule has 0 heterocycles.